The third-order valence-electron chi connectivity index (χ3n) is 4.64. The molecule has 4 aromatic rings. The predicted octanol–water partition coefficient (Wildman–Crippen LogP) is 5.47. The largest absolute Gasteiger partial charge is 0.507 e. The van der Waals surface area contributed by atoms with Crippen molar-refractivity contribution in [2.75, 3.05) is 7.11 Å². The number of methoxy groups -OCH3 is 1. The average molecular weight is 402 g/mol. The molecule has 6 heteroatoms. The van der Waals surface area contributed by atoms with E-state index in [-0.39, 0.29) is 5.75 Å². The minimum absolute atomic E-state index is 0.0659. The topological polar surface area (TPSA) is 76.6 Å². The first-order valence-electron chi connectivity index (χ1n) is 9.49. The van der Waals surface area contributed by atoms with Gasteiger partial charge in [-0.1, -0.05) is 35.9 Å². The van der Waals surface area contributed by atoms with E-state index in [2.05, 4.69) is 10.2 Å². The Morgan fingerprint density at radius 1 is 0.933 bits per heavy atom. The number of phenolic OH excluding ortho intramolecular Hbond substituents is 1. The van der Waals surface area contributed by atoms with Crippen LogP contribution in [0, 0.1) is 6.92 Å². The van der Waals surface area contributed by atoms with Gasteiger partial charge in [-0.05, 0) is 36.8 Å². The van der Waals surface area contributed by atoms with Crippen molar-refractivity contribution in [2.24, 2.45) is 0 Å². The first-order valence-corrected chi connectivity index (χ1v) is 9.49. The van der Waals surface area contributed by atoms with E-state index in [0.29, 0.717) is 40.9 Å². The van der Waals surface area contributed by atoms with Gasteiger partial charge in [-0.3, -0.25) is 5.10 Å². The highest BCUT2D eigenvalue weighted by Gasteiger charge is 2.15. The number of benzene rings is 3. The second-order valence-corrected chi connectivity index (χ2v) is 6.84. The average Bonchev–Trinajstić information content (AvgIpc) is 3.21. The van der Waals surface area contributed by atoms with Crippen LogP contribution in [0.5, 0.6) is 28.7 Å². The van der Waals surface area contributed by atoms with Crippen LogP contribution in [-0.2, 0) is 6.61 Å². The number of H-pyrrole nitrogens is 1. The highest BCUT2D eigenvalue weighted by molar-refractivity contribution is 5.73. The van der Waals surface area contributed by atoms with Crippen LogP contribution in [0.4, 0.5) is 0 Å². The minimum atomic E-state index is 0.0659. The fraction of sp³-hybridized carbons (Fsp3) is 0.125. The van der Waals surface area contributed by atoms with E-state index in [1.165, 1.54) is 5.56 Å². The van der Waals surface area contributed by atoms with Crippen LogP contribution in [-0.4, -0.2) is 22.4 Å². The van der Waals surface area contributed by atoms with E-state index in [4.69, 9.17) is 14.2 Å². The van der Waals surface area contributed by atoms with Crippen LogP contribution in [0.25, 0.3) is 11.3 Å². The highest BCUT2D eigenvalue weighted by atomic mass is 16.5. The van der Waals surface area contributed by atoms with Gasteiger partial charge in [0.2, 0.25) is 0 Å². The quantitative estimate of drug-likeness (QED) is 0.429. The molecule has 30 heavy (non-hydrogen) atoms. The van der Waals surface area contributed by atoms with Gasteiger partial charge in [0.15, 0.2) is 5.75 Å². The molecule has 0 aliphatic carbocycles. The third kappa shape index (κ3) is 4.38. The lowest BCUT2D eigenvalue weighted by molar-refractivity contribution is 0.304. The molecule has 0 fully saturated rings. The maximum atomic E-state index is 10.6. The molecule has 1 heterocycles. The summed E-state index contributed by atoms with van der Waals surface area (Å²) in [5.41, 5.74) is 3.40. The molecular formula is C24H22N2O4. The van der Waals surface area contributed by atoms with Crippen molar-refractivity contribution in [3.63, 3.8) is 0 Å². The summed E-state index contributed by atoms with van der Waals surface area (Å²) >= 11 is 0. The Hall–Kier alpha value is -3.93. The van der Waals surface area contributed by atoms with Crippen LogP contribution in [0.2, 0.25) is 0 Å². The molecule has 1 aromatic heterocycles. The van der Waals surface area contributed by atoms with Crippen molar-refractivity contribution in [3.8, 4) is 40.0 Å². The molecule has 0 unspecified atom stereocenters. The van der Waals surface area contributed by atoms with Crippen LogP contribution in [0.3, 0.4) is 0 Å². The maximum absolute atomic E-state index is 10.6. The Balaban J connectivity index is 1.51. The van der Waals surface area contributed by atoms with Gasteiger partial charge < -0.3 is 19.3 Å². The fourth-order valence-corrected chi connectivity index (χ4v) is 3.00. The van der Waals surface area contributed by atoms with Crippen molar-refractivity contribution < 1.29 is 19.3 Å². The van der Waals surface area contributed by atoms with Crippen molar-refractivity contribution >= 4 is 0 Å². The number of rotatable bonds is 7. The molecule has 152 valence electrons. The summed E-state index contributed by atoms with van der Waals surface area (Å²) in [6.07, 6.45) is 1.57. The fourth-order valence-electron chi connectivity index (χ4n) is 3.00. The summed E-state index contributed by atoms with van der Waals surface area (Å²) in [4.78, 5) is 0. The molecule has 0 aliphatic heterocycles. The number of nitrogens with one attached hydrogen (secondary N) is 1. The second-order valence-electron chi connectivity index (χ2n) is 6.84. The van der Waals surface area contributed by atoms with Crippen LogP contribution < -0.4 is 14.2 Å². The molecule has 0 saturated carbocycles. The van der Waals surface area contributed by atoms with Gasteiger partial charge in [-0.15, -0.1) is 0 Å². The normalized spacial score (nSPS) is 10.6. The van der Waals surface area contributed by atoms with E-state index in [9.17, 15) is 5.11 Å². The molecule has 0 bridgehead atoms. The summed E-state index contributed by atoms with van der Waals surface area (Å²) in [6, 6.07) is 20.6. The van der Waals surface area contributed by atoms with E-state index >= 15 is 0 Å². The molecule has 0 aliphatic rings. The zero-order valence-electron chi connectivity index (χ0n) is 16.8. The van der Waals surface area contributed by atoms with E-state index in [1.807, 2.05) is 49.4 Å². The molecule has 0 radical (unpaired) electrons. The van der Waals surface area contributed by atoms with Crippen molar-refractivity contribution in [1.82, 2.24) is 10.2 Å². The number of nitrogens with zero attached hydrogens (tertiary/aromatic N) is 1. The molecule has 6 nitrogen and oxygen atoms in total. The summed E-state index contributed by atoms with van der Waals surface area (Å²) in [6.45, 7) is 2.47. The van der Waals surface area contributed by atoms with Gasteiger partial charge in [-0.25, -0.2) is 0 Å². The van der Waals surface area contributed by atoms with Gasteiger partial charge in [0, 0.05) is 17.7 Å². The van der Waals surface area contributed by atoms with Crippen LogP contribution in [0.1, 0.15) is 11.1 Å². The Labute approximate surface area is 174 Å². The molecule has 0 spiro atoms. The zero-order chi connectivity index (χ0) is 20.9. The summed E-state index contributed by atoms with van der Waals surface area (Å²) in [5.74, 6) is 2.43. The number of hydrogen-bond acceptors (Lipinski definition) is 5. The Morgan fingerprint density at radius 2 is 1.73 bits per heavy atom. The van der Waals surface area contributed by atoms with E-state index in [1.54, 1.807) is 37.6 Å². The minimum Gasteiger partial charge on any atom is -0.507 e. The van der Waals surface area contributed by atoms with Crippen LogP contribution >= 0.6 is 0 Å². The summed E-state index contributed by atoms with van der Waals surface area (Å²) in [5, 5.41) is 17.5. The van der Waals surface area contributed by atoms with Crippen LogP contribution in [0.15, 0.2) is 72.9 Å². The summed E-state index contributed by atoms with van der Waals surface area (Å²) in [7, 11) is 1.60. The SMILES string of the molecule is COc1cccc(Oc2cn[nH]c2-c2ccc(OCc3ccc(C)cc3)cc2O)c1. The molecule has 4 rings (SSSR count). The lowest BCUT2D eigenvalue weighted by Crippen LogP contribution is -1.95. The van der Waals surface area contributed by atoms with Gasteiger partial charge in [0.05, 0.1) is 13.3 Å². The number of aromatic nitrogens is 2. The zero-order valence-corrected chi connectivity index (χ0v) is 16.8. The van der Waals surface area contributed by atoms with Gasteiger partial charge >= 0.3 is 0 Å². The number of aromatic hydroxyl groups is 1. The van der Waals surface area contributed by atoms with Crippen molar-refractivity contribution in [3.05, 3.63) is 84.1 Å². The number of hydrogen-bond donors (Lipinski definition) is 2. The first-order chi connectivity index (χ1) is 14.6. The van der Waals surface area contributed by atoms with E-state index < -0.39 is 0 Å². The van der Waals surface area contributed by atoms with Gasteiger partial charge in [0.1, 0.15) is 35.3 Å². The number of aromatic amines is 1. The maximum Gasteiger partial charge on any atom is 0.173 e. The molecule has 3 aromatic carbocycles. The van der Waals surface area contributed by atoms with Gasteiger partial charge in [-0.2, -0.15) is 5.10 Å². The second kappa shape index (κ2) is 8.61. The third-order valence-corrected chi connectivity index (χ3v) is 4.64. The predicted molar refractivity (Wildman–Crippen MR) is 114 cm³/mol. The molecule has 0 atom stereocenters. The number of aryl methyl sites for hydroxylation is 1. The highest BCUT2D eigenvalue weighted by Crippen LogP contribution is 2.38. The van der Waals surface area contributed by atoms with Crippen molar-refractivity contribution in [2.45, 2.75) is 13.5 Å². The standard InChI is InChI=1S/C24H22N2O4/c1-16-6-8-17(9-7-16)15-29-19-10-11-21(22(27)13-19)24-23(14-25-26-24)30-20-5-3-4-18(12-20)28-2/h3-14,27H,15H2,1-2H3,(H,25,26). The van der Waals surface area contributed by atoms with Crippen molar-refractivity contribution in [1.29, 1.82) is 0 Å². The Kier molecular flexibility index (Phi) is 5.57. The lowest BCUT2D eigenvalue weighted by atomic mass is 10.1. The number of ether oxygens (including phenoxy) is 3. The number of phenols is 1. The molecule has 0 saturated heterocycles. The Morgan fingerprint density at radius 3 is 2.50 bits per heavy atom. The molecular weight excluding hydrogens is 380 g/mol. The molecule has 0 amide bonds. The smallest absolute Gasteiger partial charge is 0.173 e. The monoisotopic (exact) mass is 402 g/mol. The first kappa shape index (κ1) is 19.4. The lowest BCUT2D eigenvalue weighted by Gasteiger charge is -2.11. The molecule has 2 N–H and O–H groups in total. The summed E-state index contributed by atoms with van der Waals surface area (Å²) < 4.78 is 17.0. The van der Waals surface area contributed by atoms with E-state index in [0.717, 1.165) is 5.56 Å². The van der Waals surface area contributed by atoms with Gasteiger partial charge in [0.25, 0.3) is 0 Å². The Bertz CT molecular complexity index is 1140.